The minimum absolute atomic E-state index is 0.0193. The van der Waals surface area contributed by atoms with Crippen LogP contribution in [0.1, 0.15) is 44.1 Å². The van der Waals surface area contributed by atoms with Gasteiger partial charge in [0.05, 0.1) is 11.6 Å². The van der Waals surface area contributed by atoms with Gasteiger partial charge < -0.3 is 10.5 Å². The predicted molar refractivity (Wildman–Crippen MR) is 76.3 cm³/mol. The number of aryl methyl sites for hydroxylation is 1. The largest absolute Gasteiger partial charge is 0.492 e. The van der Waals surface area contributed by atoms with Crippen molar-refractivity contribution in [1.82, 2.24) is 0 Å². The zero-order chi connectivity index (χ0) is 13.0. The monoisotopic (exact) mass is 267 g/mol. The molecule has 1 aromatic rings. The SMILES string of the molecule is Cc1ccc(Cl)c(OCCC2(N)CCCCC2)c1. The molecule has 0 unspecified atom stereocenters. The van der Waals surface area contributed by atoms with Crippen molar-refractivity contribution in [2.75, 3.05) is 6.61 Å². The normalized spacial score (nSPS) is 18.6. The van der Waals surface area contributed by atoms with Crippen LogP contribution in [-0.4, -0.2) is 12.1 Å². The van der Waals surface area contributed by atoms with E-state index in [1.807, 2.05) is 25.1 Å². The topological polar surface area (TPSA) is 35.2 Å². The first-order valence-electron chi connectivity index (χ1n) is 6.77. The van der Waals surface area contributed by atoms with Gasteiger partial charge in [0, 0.05) is 5.54 Å². The van der Waals surface area contributed by atoms with Crippen LogP contribution < -0.4 is 10.5 Å². The van der Waals surface area contributed by atoms with Gasteiger partial charge in [0.1, 0.15) is 5.75 Å². The molecule has 0 spiro atoms. The summed E-state index contributed by atoms with van der Waals surface area (Å²) in [5, 5.41) is 0.676. The Morgan fingerprint density at radius 3 is 2.72 bits per heavy atom. The molecule has 0 aliphatic heterocycles. The summed E-state index contributed by atoms with van der Waals surface area (Å²) in [4.78, 5) is 0. The van der Waals surface area contributed by atoms with Crippen molar-refractivity contribution in [3.05, 3.63) is 28.8 Å². The molecule has 2 rings (SSSR count). The minimum Gasteiger partial charge on any atom is -0.492 e. The molecule has 1 saturated carbocycles. The molecule has 18 heavy (non-hydrogen) atoms. The van der Waals surface area contributed by atoms with Gasteiger partial charge in [-0.3, -0.25) is 0 Å². The van der Waals surface area contributed by atoms with E-state index in [1.54, 1.807) is 0 Å². The first-order valence-corrected chi connectivity index (χ1v) is 7.15. The lowest BCUT2D eigenvalue weighted by Crippen LogP contribution is -2.42. The van der Waals surface area contributed by atoms with E-state index in [4.69, 9.17) is 22.1 Å². The molecular weight excluding hydrogens is 246 g/mol. The van der Waals surface area contributed by atoms with Crippen molar-refractivity contribution in [2.24, 2.45) is 5.73 Å². The molecule has 2 N–H and O–H groups in total. The average Bonchev–Trinajstić information content (AvgIpc) is 2.34. The zero-order valence-corrected chi connectivity index (χ0v) is 11.8. The van der Waals surface area contributed by atoms with E-state index in [0.29, 0.717) is 11.6 Å². The maximum absolute atomic E-state index is 6.38. The predicted octanol–water partition coefficient (Wildman–Crippen LogP) is 4.08. The van der Waals surface area contributed by atoms with Crippen LogP contribution in [0.4, 0.5) is 0 Å². The third-order valence-electron chi connectivity index (χ3n) is 3.79. The highest BCUT2D eigenvalue weighted by molar-refractivity contribution is 6.32. The number of benzene rings is 1. The lowest BCUT2D eigenvalue weighted by atomic mass is 9.80. The molecule has 0 bridgehead atoms. The van der Waals surface area contributed by atoms with Gasteiger partial charge in [-0.05, 0) is 43.9 Å². The lowest BCUT2D eigenvalue weighted by molar-refractivity contribution is 0.214. The standard InChI is InChI=1S/C15H22ClNO/c1-12-5-6-13(16)14(11-12)18-10-9-15(17)7-3-2-4-8-15/h5-6,11H,2-4,7-10,17H2,1H3. The first-order chi connectivity index (χ1) is 8.59. The fourth-order valence-electron chi connectivity index (χ4n) is 2.59. The molecule has 1 aliphatic rings. The van der Waals surface area contributed by atoms with Crippen LogP contribution in [-0.2, 0) is 0 Å². The second-order valence-corrected chi connectivity index (χ2v) is 5.86. The number of rotatable bonds is 4. The molecule has 2 nitrogen and oxygen atoms in total. The number of hydrogen-bond acceptors (Lipinski definition) is 2. The van der Waals surface area contributed by atoms with Crippen LogP contribution >= 0.6 is 11.6 Å². The summed E-state index contributed by atoms with van der Waals surface area (Å²) in [5.74, 6) is 0.774. The molecule has 100 valence electrons. The van der Waals surface area contributed by atoms with E-state index in [1.165, 1.54) is 19.3 Å². The highest BCUT2D eigenvalue weighted by Crippen LogP contribution is 2.30. The summed E-state index contributed by atoms with van der Waals surface area (Å²) in [6, 6.07) is 5.85. The molecule has 1 aliphatic carbocycles. The van der Waals surface area contributed by atoms with E-state index < -0.39 is 0 Å². The summed E-state index contributed by atoms with van der Waals surface area (Å²) in [5.41, 5.74) is 7.52. The summed E-state index contributed by atoms with van der Waals surface area (Å²) in [6.07, 6.45) is 6.99. The Bertz CT molecular complexity index is 399. The molecule has 0 aromatic heterocycles. The Balaban J connectivity index is 1.86. The second-order valence-electron chi connectivity index (χ2n) is 5.46. The molecule has 1 aromatic carbocycles. The van der Waals surface area contributed by atoms with Gasteiger partial charge in [0.2, 0.25) is 0 Å². The van der Waals surface area contributed by atoms with Crippen LogP contribution in [0.5, 0.6) is 5.75 Å². The highest BCUT2D eigenvalue weighted by Gasteiger charge is 2.27. The van der Waals surface area contributed by atoms with Crippen LogP contribution in [0.15, 0.2) is 18.2 Å². The number of halogens is 1. The van der Waals surface area contributed by atoms with Crippen molar-refractivity contribution in [2.45, 2.75) is 51.0 Å². The van der Waals surface area contributed by atoms with Gasteiger partial charge in [-0.25, -0.2) is 0 Å². The Labute approximate surface area is 114 Å². The Hall–Kier alpha value is -0.730. The fourth-order valence-corrected chi connectivity index (χ4v) is 2.76. The van der Waals surface area contributed by atoms with Crippen LogP contribution in [0.2, 0.25) is 5.02 Å². The van der Waals surface area contributed by atoms with E-state index in [9.17, 15) is 0 Å². The molecule has 0 saturated heterocycles. The fraction of sp³-hybridized carbons (Fsp3) is 0.600. The minimum atomic E-state index is -0.0193. The Morgan fingerprint density at radius 1 is 1.28 bits per heavy atom. The van der Waals surface area contributed by atoms with E-state index in [2.05, 4.69) is 0 Å². The third-order valence-corrected chi connectivity index (χ3v) is 4.11. The van der Waals surface area contributed by atoms with Gasteiger partial charge in [0.25, 0.3) is 0 Å². The lowest BCUT2D eigenvalue weighted by Gasteiger charge is -2.33. The molecule has 1 fully saturated rings. The number of ether oxygens (including phenoxy) is 1. The summed E-state index contributed by atoms with van der Waals surface area (Å²) in [7, 11) is 0. The van der Waals surface area contributed by atoms with E-state index >= 15 is 0 Å². The summed E-state index contributed by atoms with van der Waals surface area (Å²) < 4.78 is 5.77. The zero-order valence-electron chi connectivity index (χ0n) is 11.0. The molecule has 0 amide bonds. The highest BCUT2D eigenvalue weighted by atomic mass is 35.5. The summed E-state index contributed by atoms with van der Waals surface area (Å²) in [6.45, 7) is 2.69. The quantitative estimate of drug-likeness (QED) is 0.892. The number of nitrogens with two attached hydrogens (primary N) is 1. The van der Waals surface area contributed by atoms with Crippen LogP contribution in [0.3, 0.4) is 0 Å². The van der Waals surface area contributed by atoms with Gasteiger partial charge in [-0.2, -0.15) is 0 Å². The third kappa shape index (κ3) is 3.63. The maximum Gasteiger partial charge on any atom is 0.138 e. The number of hydrogen-bond donors (Lipinski definition) is 1. The Kier molecular flexibility index (Phi) is 4.52. The van der Waals surface area contributed by atoms with Crippen molar-refractivity contribution in [3.8, 4) is 5.75 Å². The van der Waals surface area contributed by atoms with Crippen molar-refractivity contribution in [1.29, 1.82) is 0 Å². The molecule has 0 atom stereocenters. The van der Waals surface area contributed by atoms with Crippen molar-refractivity contribution in [3.63, 3.8) is 0 Å². The van der Waals surface area contributed by atoms with Crippen LogP contribution in [0.25, 0.3) is 0 Å². The molecule has 3 heteroatoms. The van der Waals surface area contributed by atoms with Crippen LogP contribution in [0, 0.1) is 6.92 Å². The van der Waals surface area contributed by atoms with Gasteiger partial charge in [-0.1, -0.05) is 36.9 Å². The first kappa shape index (κ1) is 13.7. The van der Waals surface area contributed by atoms with Crippen molar-refractivity contribution < 1.29 is 4.74 Å². The van der Waals surface area contributed by atoms with E-state index in [-0.39, 0.29) is 5.54 Å². The van der Waals surface area contributed by atoms with Gasteiger partial charge >= 0.3 is 0 Å². The van der Waals surface area contributed by atoms with Gasteiger partial charge in [-0.15, -0.1) is 0 Å². The summed E-state index contributed by atoms with van der Waals surface area (Å²) >= 11 is 6.10. The Morgan fingerprint density at radius 2 is 2.00 bits per heavy atom. The second kappa shape index (κ2) is 5.94. The average molecular weight is 268 g/mol. The van der Waals surface area contributed by atoms with E-state index in [0.717, 1.165) is 30.6 Å². The maximum atomic E-state index is 6.38. The van der Waals surface area contributed by atoms with Gasteiger partial charge in [0.15, 0.2) is 0 Å². The molecule has 0 radical (unpaired) electrons. The molecular formula is C15H22ClNO. The smallest absolute Gasteiger partial charge is 0.138 e. The van der Waals surface area contributed by atoms with Crippen molar-refractivity contribution >= 4 is 11.6 Å². The molecule has 0 heterocycles.